The van der Waals surface area contributed by atoms with Gasteiger partial charge in [-0.1, -0.05) is 60.1 Å². The summed E-state index contributed by atoms with van der Waals surface area (Å²) < 4.78 is 0. The Kier molecular flexibility index (Phi) is 6.07. The molecule has 0 radical (unpaired) electrons. The van der Waals surface area contributed by atoms with Crippen LogP contribution in [-0.2, 0) is 6.54 Å². The van der Waals surface area contributed by atoms with Crippen LogP contribution < -0.4 is 16.0 Å². The second kappa shape index (κ2) is 8.87. The number of urea groups is 1. The summed E-state index contributed by atoms with van der Waals surface area (Å²) in [5, 5.41) is 8.77. The summed E-state index contributed by atoms with van der Waals surface area (Å²) >= 11 is 5.92. The Hall–Kier alpha value is -3.31. The molecule has 3 amide bonds. The molecule has 3 N–H and O–H groups in total. The second-order valence-corrected chi connectivity index (χ2v) is 6.24. The minimum atomic E-state index is -0.458. The molecule has 6 heteroatoms. The number of carbonyl (C=O) groups is 2. The van der Waals surface area contributed by atoms with E-state index >= 15 is 0 Å². The molecule has 5 nitrogen and oxygen atoms in total. The third-order valence-electron chi connectivity index (χ3n) is 3.80. The molecule has 136 valence electrons. The summed E-state index contributed by atoms with van der Waals surface area (Å²) in [4.78, 5) is 24.8. The number of para-hydroxylation sites is 1. The van der Waals surface area contributed by atoms with E-state index in [1.54, 1.807) is 48.5 Å². The lowest BCUT2D eigenvalue weighted by Gasteiger charge is -2.12. The Bertz CT molecular complexity index is 945. The fourth-order valence-electron chi connectivity index (χ4n) is 2.51. The number of anilines is 2. The molecule has 0 aliphatic carbocycles. The van der Waals surface area contributed by atoms with Gasteiger partial charge in [0.25, 0.3) is 5.91 Å². The first-order valence-corrected chi connectivity index (χ1v) is 8.74. The first-order chi connectivity index (χ1) is 13.1. The van der Waals surface area contributed by atoms with E-state index in [1.165, 1.54) is 0 Å². The van der Waals surface area contributed by atoms with Crippen LogP contribution in [-0.4, -0.2) is 11.9 Å². The molecule has 0 spiro atoms. The van der Waals surface area contributed by atoms with Crippen molar-refractivity contribution in [2.75, 3.05) is 10.6 Å². The van der Waals surface area contributed by atoms with Crippen molar-refractivity contribution >= 4 is 34.9 Å². The van der Waals surface area contributed by atoms with E-state index in [9.17, 15) is 9.59 Å². The zero-order valence-corrected chi connectivity index (χ0v) is 15.2. The van der Waals surface area contributed by atoms with Gasteiger partial charge in [0.1, 0.15) is 0 Å². The van der Waals surface area contributed by atoms with Gasteiger partial charge in [0, 0.05) is 17.3 Å². The van der Waals surface area contributed by atoms with Gasteiger partial charge in [-0.2, -0.15) is 0 Å². The lowest BCUT2D eigenvalue weighted by Crippen LogP contribution is -2.26. The van der Waals surface area contributed by atoms with Crippen molar-refractivity contribution in [2.45, 2.75) is 6.54 Å². The van der Waals surface area contributed by atoms with Gasteiger partial charge in [0.15, 0.2) is 0 Å². The van der Waals surface area contributed by atoms with Crippen LogP contribution in [0.25, 0.3) is 0 Å². The summed E-state index contributed by atoms with van der Waals surface area (Å²) in [6, 6.07) is 22.8. The van der Waals surface area contributed by atoms with Crippen molar-refractivity contribution in [1.29, 1.82) is 0 Å². The van der Waals surface area contributed by atoms with Gasteiger partial charge in [0.2, 0.25) is 0 Å². The Morgan fingerprint density at radius 3 is 2.33 bits per heavy atom. The van der Waals surface area contributed by atoms with Gasteiger partial charge >= 0.3 is 6.03 Å². The standard InChI is InChI=1S/C21H18ClN3O2/c22-16-9-6-10-17(13-16)24-21(27)25-19-12-5-4-11-18(19)20(26)23-14-15-7-2-1-3-8-15/h1-13H,14H2,(H,23,26)(H2,24,25,27). The molecule has 0 atom stereocenters. The highest BCUT2D eigenvalue weighted by Gasteiger charge is 2.13. The molecule has 0 heterocycles. The molecule has 3 aromatic carbocycles. The first-order valence-electron chi connectivity index (χ1n) is 8.36. The Morgan fingerprint density at radius 2 is 1.56 bits per heavy atom. The molecule has 0 aromatic heterocycles. The van der Waals surface area contributed by atoms with Gasteiger partial charge < -0.3 is 16.0 Å². The fourth-order valence-corrected chi connectivity index (χ4v) is 2.70. The molecule has 0 bridgehead atoms. The summed E-state index contributed by atoms with van der Waals surface area (Å²) in [7, 11) is 0. The molecule has 0 unspecified atom stereocenters. The first kappa shape index (κ1) is 18.5. The highest BCUT2D eigenvalue weighted by atomic mass is 35.5. The molecule has 0 saturated carbocycles. The third-order valence-corrected chi connectivity index (χ3v) is 4.03. The van der Waals surface area contributed by atoms with Crippen LogP contribution >= 0.6 is 11.6 Å². The predicted octanol–water partition coefficient (Wildman–Crippen LogP) is 4.91. The van der Waals surface area contributed by atoms with Crippen LogP contribution in [0.5, 0.6) is 0 Å². The lowest BCUT2D eigenvalue weighted by molar-refractivity contribution is 0.0952. The van der Waals surface area contributed by atoms with Crippen molar-refractivity contribution in [3.63, 3.8) is 0 Å². The zero-order chi connectivity index (χ0) is 19.1. The van der Waals surface area contributed by atoms with E-state index in [0.717, 1.165) is 5.56 Å². The summed E-state index contributed by atoms with van der Waals surface area (Å²) in [6.45, 7) is 0.405. The largest absolute Gasteiger partial charge is 0.348 e. The number of hydrogen-bond donors (Lipinski definition) is 3. The van der Waals surface area contributed by atoms with Gasteiger partial charge in [-0.25, -0.2) is 4.79 Å². The fraction of sp³-hybridized carbons (Fsp3) is 0.0476. The van der Waals surface area contributed by atoms with Crippen LogP contribution in [0.15, 0.2) is 78.9 Å². The predicted molar refractivity (Wildman–Crippen MR) is 108 cm³/mol. The SMILES string of the molecule is O=C(Nc1cccc(Cl)c1)Nc1ccccc1C(=O)NCc1ccccc1. The van der Waals surface area contributed by atoms with Crippen LogP contribution in [0.3, 0.4) is 0 Å². The number of carbonyl (C=O) groups excluding carboxylic acids is 2. The van der Waals surface area contributed by atoms with E-state index in [0.29, 0.717) is 28.5 Å². The van der Waals surface area contributed by atoms with E-state index in [-0.39, 0.29) is 5.91 Å². The van der Waals surface area contributed by atoms with Crippen molar-refractivity contribution < 1.29 is 9.59 Å². The van der Waals surface area contributed by atoms with E-state index < -0.39 is 6.03 Å². The van der Waals surface area contributed by atoms with Gasteiger partial charge in [-0.15, -0.1) is 0 Å². The van der Waals surface area contributed by atoms with E-state index in [1.807, 2.05) is 30.3 Å². The quantitative estimate of drug-likeness (QED) is 0.589. The molecule has 0 aliphatic rings. The molecule has 27 heavy (non-hydrogen) atoms. The average Bonchev–Trinajstić information content (AvgIpc) is 2.67. The Morgan fingerprint density at radius 1 is 0.815 bits per heavy atom. The number of halogens is 1. The molecular formula is C21H18ClN3O2. The molecule has 0 saturated heterocycles. The number of hydrogen-bond acceptors (Lipinski definition) is 2. The van der Waals surface area contributed by atoms with Gasteiger partial charge in [-0.3, -0.25) is 4.79 Å². The lowest BCUT2D eigenvalue weighted by atomic mass is 10.1. The van der Waals surface area contributed by atoms with Crippen LogP contribution in [0.1, 0.15) is 15.9 Å². The van der Waals surface area contributed by atoms with Gasteiger partial charge in [-0.05, 0) is 35.9 Å². The number of nitrogens with one attached hydrogen (secondary N) is 3. The summed E-state index contributed by atoms with van der Waals surface area (Å²) in [5.74, 6) is -0.266. The Balaban J connectivity index is 1.66. The highest BCUT2D eigenvalue weighted by Crippen LogP contribution is 2.18. The summed E-state index contributed by atoms with van der Waals surface area (Å²) in [6.07, 6.45) is 0. The molecule has 0 aliphatic heterocycles. The second-order valence-electron chi connectivity index (χ2n) is 5.80. The minimum absolute atomic E-state index is 0.266. The number of rotatable bonds is 5. The molecular weight excluding hydrogens is 362 g/mol. The molecule has 0 fully saturated rings. The Labute approximate surface area is 162 Å². The maximum Gasteiger partial charge on any atom is 0.323 e. The van der Waals surface area contributed by atoms with Crippen LogP contribution in [0, 0.1) is 0 Å². The maximum absolute atomic E-state index is 12.5. The summed E-state index contributed by atoms with van der Waals surface area (Å²) in [5.41, 5.74) is 2.36. The molecule has 3 aromatic rings. The van der Waals surface area contributed by atoms with E-state index in [2.05, 4.69) is 16.0 Å². The minimum Gasteiger partial charge on any atom is -0.348 e. The number of amides is 3. The maximum atomic E-state index is 12.5. The number of benzene rings is 3. The van der Waals surface area contributed by atoms with Crippen molar-refractivity contribution in [1.82, 2.24) is 5.32 Å². The van der Waals surface area contributed by atoms with Crippen LogP contribution in [0.2, 0.25) is 5.02 Å². The molecule has 3 rings (SSSR count). The monoisotopic (exact) mass is 379 g/mol. The third kappa shape index (κ3) is 5.33. The zero-order valence-electron chi connectivity index (χ0n) is 14.4. The average molecular weight is 380 g/mol. The van der Waals surface area contributed by atoms with Crippen molar-refractivity contribution in [2.24, 2.45) is 0 Å². The highest BCUT2D eigenvalue weighted by molar-refractivity contribution is 6.30. The normalized spacial score (nSPS) is 10.1. The van der Waals surface area contributed by atoms with Crippen LogP contribution in [0.4, 0.5) is 16.2 Å². The topological polar surface area (TPSA) is 70.2 Å². The van der Waals surface area contributed by atoms with Gasteiger partial charge in [0.05, 0.1) is 11.3 Å². The smallest absolute Gasteiger partial charge is 0.323 e. The van der Waals surface area contributed by atoms with Crippen molar-refractivity contribution in [3.8, 4) is 0 Å². The van der Waals surface area contributed by atoms with Crippen molar-refractivity contribution in [3.05, 3.63) is 95.0 Å². The van der Waals surface area contributed by atoms with E-state index in [4.69, 9.17) is 11.6 Å².